The molecular formula is C17H24N4O2. The van der Waals surface area contributed by atoms with Crippen LogP contribution < -0.4 is 11.1 Å². The fraction of sp³-hybridized carbons (Fsp3) is 0.412. The topological polar surface area (TPSA) is 90.9 Å². The second kappa shape index (κ2) is 8.45. The summed E-state index contributed by atoms with van der Waals surface area (Å²) in [4.78, 5) is 17.8. The molecule has 1 atom stereocenters. The second-order valence-electron chi connectivity index (χ2n) is 5.63. The maximum absolute atomic E-state index is 11.8. The number of nitrogens with two attached hydrogens (primary N) is 1. The summed E-state index contributed by atoms with van der Waals surface area (Å²) < 4.78 is 0. The molecular weight excluding hydrogens is 292 g/mol. The molecule has 0 saturated heterocycles. The highest BCUT2D eigenvalue weighted by Crippen LogP contribution is 2.18. The number of aliphatic hydroxyl groups is 1. The Labute approximate surface area is 136 Å². The summed E-state index contributed by atoms with van der Waals surface area (Å²) in [5.74, 6) is -0.332. The van der Waals surface area contributed by atoms with E-state index in [2.05, 4.69) is 33.4 Å². The number of hydrogen-bond donors (Lipinski definition) is 3. The van der Waals surface area contributed by atoms with Gasteiger partial charge in [-0.1, -0.05) is 24.3 Å². The number of aliphatic hydroxyl groups excluding tert-OH is 1. The van der Waals surface area contributed by atoms with Gasteiger partial charge in [0.15, 0.2) is 0 Å². The summed E-state index contributed by atoms with van der Waals surface area (Å²) in [6.07, 6.45) is 2.96. The zero-order chi connectivity index (χ0) is 16.7. The van der Waals surface area contributed by atoms with E-state index in [0.29, 0.717) is 6.54 Å². The van der Waals surface area contributed by atoms with Gasteiger partial charge in [0, 0.05) is 45.6 Å². The minimum Gasteiger partial charge on any atom is -0.404 e. The largest absolute Gasteiger partial charge is 0.404 e. The van der Waals surface area contributed by atoms with Crippen LogP contribution in [-0.4, -0.2) is 54.9 Å². The summed E-state index contributed by atoms with van der Waals surface area (Å²) in [7, 11) is 1.57. The lowest BCUT2D eigenvalue weighted by Crippen LogP contribution is -2.42. The third-order valence-corrected chi connectivity index (χ3v) is 3.89. The third-order valence-electron chi connectivity index (χ3n) is 3.89. The van der Waals surface area contributed by atoms with Crippen molar-refractivity contribution in [3.63, 3.8) is 0 Å². The Morgan fingerprint density at radius 1 is 1.48 bits per heavy atom. The summed E-state index contributed by atoms with van der Waals surface area (Å²) in [6, 6.07) is 8.37. The average molecular weight is 316 g/mol. The first-order valence-corrected chi connectivity index (χ1v) is 7.73. The van der Waals surface area contributed by atoms with E-state index >= 15 is 0 Å². The lowest BCUT2D eigenvalue weighted by Gasteiger charge is -2.30. The van der Waals surface area contributed by atoms with Crippen LogP contribution in [0.2, 0.25) is 0 Å². The van der Waals surface area contributed by atoms with E-state index in [-0.39, 0.29) is 18.0 Å². The first-order valence-electron chi connectivity index (χ1n) is 7.73. The number of carbonyl (C=O) groups is 1. The number of carbonyl (C=O) groups excluding carboxylic acids is 1. The van der Waals surface area contributed by atoms with E-state index in [4.69, 9.17) is 5.73 Å². The van der Waals surface area contributed by atoms with Crippen LogP contribution >= 0.6 is 0 Å². The van der Waals surface area contributed by atoms with Crippen molar-refractivity contribution < 1.29 is 9.90 Å². The number of amides is 1. The Balaban J connectivity index is 1.80. The molecule has 1 aromatic rings. The van der Waals surface area contributed by atoms with Gasteiger partial charge in [-0.15, -0.1) is 0 Å². The van der Waals surface area contributed by atoms with Crippen LogP contribution in [0.15, 0.2) is 41.0 Å². The van der Waals surface area contributed by atoms with Gasteiger partial charge in [0.05, 0.1) is 11.7 Å². The minimum absolute atomic E-state index is 0.186. The molecule has 2 rings (SSSR count). The Bertz CT molecular complexity index is 598. The lowest BCUT2D eigenvalue weighted by atomic mass is 10.00. The molecule has 1 heterocycles. The van der Waals surface area contributed by atoms with Gasteiger partial charge >= 0.3 is 0 Å². The Kier molecular flexibility index (Phi) is 6.31. The van der Waals surface area contributed by atoms with E-state index < -0.39 is 6.10 Å². The van der Waals surface area contributed by atoms with Gasteiger partial charge in [-0.25, -0.2) is 0 Å². The highest BCUT2D eigenvalue weighted by Gasteiger charge is 2.19. The van der Waals surface area contributed by atoms with Crippen LogP contribution in [0.1, 0.15) is 11.1 Å². The monoisotopic (exact) mass is 316 g/mol. The van der Waals surface area contributed by atoms with Gasteiger partial charge in [-0.2, -0.15) is 0 Å². The number of β-amino-alcohol motifs (C(OH)–C–C–N with tert-alkyl or cyclic N) is 1. The molecule has 0 aliphatic carbocycles. The Morgan fingerprint density at radius 3 is 2.91 bits per heavy atom. The predicted molar refractivity (Wildman–Crippen MR) is 91.1 cm³/mol. The first-order chi connectivity index (χ1) is 11.1. The smallest absolute Gasteiger partial charge is 0.254 e. The maximum Gasteiger partial charge on any atom is 0.254 e. The third kappa shape index (κ3) is 4.91. The molecule has 0 fully saturated rings. The Morgan fingerprint density at radius 2 is 2.22 bits per heavy atom. The van der Waals surface area contributed by atoms with Crippen LogP contribution in [0.5, 0.6) is 0 Å². The molecule has 1 aromatic carbocycles. The number of nitrogens with one attached hydrogen (secondary N) is 1. The maximum atomic E-state index is 11.8. The molecule has 4 N–H and O–H groups in total. The van der Waals surface area contributed by atoms with Gasteiger partial charge in [-0.05, 0) is 17.5 Å². The highest BCUT2D eigenvalue weighted by molar-refractivity contribution is 6.11. The van der Waals surface area contributed by atoms with Gasteiger partial charge < -0.3 is 16.2 Å². The molecule has 23 heavy (non-hydrogen) atoms. The van der Waals surface area contributed by atoms with Crippen molar-refractivity contribution in [3.05, 3.63) is 47.2 Å². The average Bonchev–Trinajstić information content (AvgIpc) is 2.57. The van der Waals surface area contributed by atoms with Crippen molar-refractivity contribution in [1.29, 1.82) is 0 Å². The SMILES string of the molecule is C/N=C\C(=C/N)C(=O)NC[C@@H](O)CN1CCc2ccccc2C1. The number of nitrogens with zero attached hydrogens (tertiary/aromatic N) is 2. The number of fused-ring (bicyclic) bond motifs is 1. The van der Waals surface area contributed by atoms with E-state index in [9.17, 15) is 9.90 Å². The van der Waals surface area contributed by atoms with E-state index in [0.717, 1.165) is 19.5 Å². The quantitative estimate of drug-likeness (QED) is 0.511. The number of hydrogen-bond acceptors (Lipinski definition) is 5. The van der Waals surface area contributed by atoms with Crippen LogP contribution in [-0.2, 0) is 17.8 Å². The van der Waals surface area contributed by atoms with Crippen LogP contribution in [0.4, 0.5) is 0 Å². The zero-order valence-corrected chi connectivity index (χ0v) is 13.4. The van der Waals surface area contributed by atoms with E-state index in [1.807, 2.05) is 6.07 Å². The standard InChI is InChI=1S/C17H24N4O2/c1-19-9-15(8-18)17(23)20-10-16(22)12-21-7-6-13-4-2-3-5-14(13)11-21/h2-5,8-9,16,22H,6-7,10-12,18H2,1H3,(H,20,23)/b15-8+,19-9-/t16-/m1/s1. The van der Waals surface area contributed by atoms with Crippen molar-refractivity contribution in [2.45, 2.75) is 19.1 Å². The molecule has 0 bridgehead atoms. The summed E-state index contributed by atoms with van der Waals surface area (Å²) in [5.41, 5.74) is 8.35. The van der Waals surface area contributed by atoms with Gasteiger partial charge in [0.1, 0.15) is 0 Å². The first kappa shape index (κ1) is 17.2. The van der Waals surface area contributed by atoms with Crippen molar-refractivity contribution in [3.8, 4) is 0 Å². The van der Waals surface area contributed by atoms with E-state index in [1.165, 1.54) is 23.5 Å². The molecule has 6 heteroatoms. The van der Waals surface area contributed by atoms with Crippen molar-refractivity contribution in [1.82, 2.24) is 10.2 Å². The van der Waals surface area contributed by atoms with Gasteiger partial charge in [0.2, 0.25) is 0 Å². The molecule has 1 amide bonds. The predicted octanol–water partition coefficient (Wildman–Crippen LogP) is 0.0650. The number of rotatable bonds is 6. The highest BCUT2D eigenvalue weighted by atomic mass is 16.3. The Hall–Kier alpha value is -2.18. The van der Waals surface area contributed by atoms with Gasteiger partial charge in [-0.3, -0.25) is 14.7 Å². The van der Waals surface area contributed by atoms with E-state index in [1.54, 1.807) is 7.05 Å². The fourth-order valence-electron chi connectivity index (χ4n) is 2.70. The van der Waals surface area contributed by atoms with Crippen LogP contribution in [0, 0.1) is 0 Å². The molecule has 0 unspecified atom stereocenters. The molecule has 1 aliphatic rings. The van der Waals surface area contributed by atoms with Crippen LogP contribution in [0.3, 0.4) is 0 Å². The zero-order valence-electron chi connectivity index (χ0n) is 13.4. The summed E-state index contributed by atoms with van der Waals surface area (Å²) >= 11 is 0. The molecule has 0 aromatic heterocycles. The molecule has 0 saturated carbocycles. The second-order valence-corrected chi connectivity index (χ2v) is 5.63. The molecule has 0 radical (unpaired) electrons. The van der Waals surface area contributed by atoms with Crippen molar-refractivity contribution >= 4 is 12.1 Å². The summed E-state index contributed by atoms with van der Waals surface area (Å²) in [6.45, 7) is 2.46. The van der Waals surface area contributed by atoms with Crippen molar-refractivity contribution in [2.24, 2.45) is 10.7 Å². The van der Waals surface area contributed by atoms with Gasteiger partial charge in [0.25, 0.3) is 5.91 Å². The minimum atomic E-state index is -0.623. The molecule has 1 aliphatic heterocycles. The molecule has 0 spiro atoms. The van der Waals surface area contributed by atoms with Crippen molar-refractivity contribution in [2.75, 3.05) is 26.7 Å². The number of aliphatic imine (C=N–C) groups is 1. The lowest BCUT2D eigenvalue weighted by molar-refractivity contribution is -0.117. The molecule has 6 nitrogen and oxygen atoms in total. The van der Waals surface area contributed by atoms with Crippen LogP contribution in [0.25, 0.3) is 0 Å². The molecule has 124 valence electrons. The number of benzene rings is 1. The normalized spacial score (nSPS) is 17.0. The fourth-order valence-corrected chi connectivity index (χ4v) is 2.70. The summed E-state index contributed by atoms with van der Waals surface area (Å²) in [5, 5.41) is 12.8.